The molecular weight excluding hydrogens is 308 g/mol. The molecule has 0 saturated carbocycles. The number of nitrogens with zero attached hydrogens (tertiary/aromatic N) is 4. The van der Waals surface area contributed by atoms with Gasteiger partial charge in [-0.1, -0.05) is 12.1 Å². The van der Waals surface area contributed by atoms with Crippen LogP contribution in [0.1, 0.15) is 24.4 Å². The number of likely N-dealkylation sites (tertiary alicyclic amines) is 1. The van der Waals surface area contributed by atoms with Crippen LogP contribution in [0.5, 0.6) is 5.75 Å². The molecule has 0 bridgehead atoms. The van der Waals surface area contributed by atoms with Crippen LogP contribution in [-0.4, -0.2) is 52.4 Å². The van der Waals surface area contributed by atoms with Gasteiger partial charge in [-0.05, 0) is 30.5 Å². The third-order valence-corrected chi connectivity index (χ3v) is 4.19. The third kappa shape index (κ3) is 4.11. The monoisotopic (exact) mass is 330 g/mol. The number of methoxy groups -OCH3 is 1. The Kier molecular flexibility index (Phi) is 5.43. The Bertz CT molecular complexity index is 660. The normalized spacial score (nSPS) is 17.7. The average Bonchev–Trinajstić information content (AvgIpc) is 3.17. The summed E-state index contributed by atoms with van der Waals surface area (Å²) in [5, 5.41) is 4.18. The van der Waals surface area contributed by atoms with E-state index in [9.17, 15) is 4.79 Å². The van der Waals surface area contributed by atoms with Crippen LogP contribution in [-0.2, 0) is 16.1 Å². The lowest BCUT2D eigenvalue weighted by atomic mass is 10.1. The first-order chi connectivity index (χ1) is 11.8. The molecule has 3 rings (SSSR count). The number of ether oxygens (including phenoxy) is 2. The van der Waals surface area contributed by atoms with Gasteiger partial charge in [0.25, 0.3) is 0 Å². The van der Waals surface area contributed by atoms with Crippen LogP contribution in [0.2, 0.25) is 0 Å². The highest BCUT2D eigenvalue weighted by Gasteiger charge is 2.25. The van der Waals surface area contributed by atoms with E-state index >= 15 is 0 Å². The van der Waals surface area contributed by atoms with E-state index in [0.717, 1.165) is 30.7 Å². The van der Waals surface area contributed by atoms with Crippen molar-refractivity contribution in [3.63, 3.8) is 0 Å². The number of hydrogen-bond acceptors (Lipinski definition) is 5. The van der Waals surface area contributed by atoms with Crippen LogP contribution < -0.4 is 4.74 Å². The second-order valence-corrected chi connectivity index (χ2v) is 5.86. The summed E-state index contributed by atoms with van der Waals surface area (Å²) in [6.45, 7) is 1.90. The van der Waals surface area contributed by atoms with Crippen molar-refractivity contribution in [1.29, 1.82) is 0 Å². The van der Waals surface area contributed by atoms with Crippen molar-refractivity contribution in [2.24, 2.45) is 0 Å². The van der Waals surface area contributed by atoms with Crippen molar-refractivity contribution in [2.45, 2.75) is 25.5 Å². The highest BCUT2D eigenvalue weighted by atomic mass is 16.5. The summed E-state index contributed by atoms with van der Waals surface area (Å²) in [6, 6.07) is 7.85. The fourth-order valence-electron chi connectivity index (χ4n) is 2.91. The van der Waals surface area contributed by atoms with E-state index in [1.54, 1.807) is 13.4 Å². The minimum Gasteiger partial charge on any atom is -0.497 e. The summed E-state index contributed by atoms with van der Waals surface area (Å²) in [5.74, 6) is 0.803. The van der Waals surface area contributed by atoms with Crippen molar-refractivity contribution in [3.8, 4) is 5.75 Å². The summed E-state index contributed by atoms with van der Waals surface area (Å²) >= 11 is 0. The summed E-state index contributed by atoms with van der Waals surface area (Å²) in [5.41, 5.74) is 0.987. The quantitative estimate of drug-likeness (QED) is 0.806. The van der Waals surface area contributed by atoms with Crippen LogP contribution in [0.25, 0.3) is 0 Å². The zero-order chi connectivity index (χ0) is 16.8. The lowest BCUT2D eigenvalue weighted by molar-refractivity contribution is -0.138. The maximum Gasteiger partial charge on any atom is 0.248 e. The van der Waals surface area contributed by atoms with Gasteiger partial charge < -0.3 is 14.4 Å². The maximum absolute atomic E-state index is 12.4. The van der Waals surface area contributed by atoms with Crippen molar-refractivity contribution in [2.75, 3.05) is 26.8 Å². The van der Waals surface area contributed by atoms with Crippen LogP contribution in [0.15, 0.2) is 36.9 Å². The van der Waals surface area contributed by atoms with E-state index < -0.39 is 0 Å². The fraction of sp³-hybridized carbons (Fsp3) is 0.471. The third-order valence-electron chi connectivity index (χ3n) is 4.19. The van der Waals surface area contributed by atoms with Gasteiger partial charge in [-0.2, -0.15) is 5.10 Å². The topological polar surface area (TPSA) is 69.5 Å². The molecule has 1 aliphatic heterocycles. The molecule has 2 heterocycles. The molecule has 7 heteroatoms. The van der Waals surface area contributed by atoms with E-state index in [4.69, 9.17) is 9.47 Å². The van der Waals surface area contributed by atoms with Gasteiger partial charge in [0.05, 0.1) is 19.8 Å². The molecule has 1 atom stereocenters. The number of piperidine rings is 1. The van der Waals surface area contributed by atoms with E-state index in [-0.39, 0.29) is 18.6 Å². The van der Waals surface area contributed by atoms with E-state index in [0.29, 0.717) is 13.2 Å². The van der Waals surface area contributed by atoms with Crippen LogP contribution in [0.4, 0.5) is 0 Å². The number of amides is 1. The maximum atomic E-state index is 12.4. The van der Waals surface area contributed by atoms with E-state index in [2.05, 4.69) is 10.1 Å². The Morgan fingerprint density at radius 1 is 1.42 bits per heavy atom. The fourth-order valence-corrected chi connectivity index (χ4v) is 2.91. The number of carbonyl (C=O) groups is 1. The van der Waals surface area contributed by atoms with Crippen molar-refractivity contribution in [3.05, 3.63) is 42.5 Å². The molecule has 0 radical (unpaired) electrons. The van der Waals surface area contributed by atoms with Gasteiger partial charge in [0.2, 0.25) is 5.91 Å². The molecule has 2 aromatic rings. The lowest BCUT2D eigenvalue weighted by Crippen LogP contribution is -2.42. The van der Waals surface area contributed by atoms with Gasteiger partial charge in [-0.3, -0.25) is 4.79 Å². The SMILES string of the molecule is COc1cccc(COCC(=O)N2CCCC(n3cncn3)C2)c1. The smallest absolute Gasteiger partial charge is 0.248 e. The summed E-state index contributed by atoms with van der Waals surface area (Å²) in [6.07, 6.45) is 5.21. The molecule has 24 heavy (non-hydrogen) atoms. The minimum atomic E-state index is 0.0164. The van der Waals surface area contributed by atoms with Crippen molar-refractivity contribution < 1.29 is 14.3 Å². The Balaban J connectivity index is 1.47. The zero-order valence-electron chi connectivity index (χ0n) is 13.8. The molecule has 0 spiro atoms. The number of hydrogen-bond donors (Lipinski definition) is 0. The standard InChI is InChI=1S/C17H22N4O3/c1-23-16-6-2-4-14(8-16)10-24-11-17(22)20-7-3-5-15(9-20)21-13-18-12-19-21/h2,4,6,8,12-13,15H,3,5,7,9-11H2,1H3. The molecule has 1 saturated heterocycles. The Labute approximate surface area is 141 Å². The molecular formula is C17H22N4O3. The molecule has 1 aromatic carbocycles. The molecule has 0 N–H and O–H groups in total. The lowest BCUT2D eigenvalue weighted by Gasteiger charge is -2.32. The molecule has 0 aliphatic carbocycles. The van der Waals surface area contributed by atoms with Crippen LogP contribution in [0, 0.1) is 0 Å². The first-order valence-corrected chi connectivity index (χ1v) is 8.09. The number of rotatable bonds is 6. The Morgan fingerprint density at radius 2 is 2.33 bits per heavy atom. The first-order valence-electron chi connectivity index (χ1n) is 8.09. The van der Waals surface area contributed by atoms with Gasteiger partial charge >= 0.3 is 0 Å². The summed E-state index contributed by atoms with van der Waals surface area (Å²) in [4.78, 5) is 18.2. The largest absolute Gasteiger partial charge is 0.497 e. The number of benzene rings is 1. The van der Waals surface area contributed by atoms with E-state index in [1.807, 2.05) is 33.8 Å². The van der Waals surface area contributed by atoms with Gasteiger partial charge in [0.15, 0.2) is 0 Å². The predicted octanol–water partition coefficient (Wildman–Crippen LogP) is 1.67. The zero-order valence-corrected chi connectivity index (χ0v) is 13.8. The van der Waals surface area contributed by atoms with E-state index in [1.165, 1.54) is 6.33 Å². The average molecular weight is 330 g/mol. The number of aromatic nitrogens is 3. The van der Waals surface area contributed by atoms with Gasteiger partial charge in [-0.15, -0.1) is 0 Å². The van der Waals surface area contributed by atoms with Gasteiger partial charge in [0.1, 0.15) is 25.0 Å². The highest BCUT2D eigenvalue weighted by Crippen LogP contribution is 2.20. The first kappa shape index (κ1) is 16.4. The molecule has 1 unspecified atom stereocenters. The second-order valence-electron chi connectivity index (χ2n) is 5.86. The van der Waals surface area contributed by atoms with Gasteiger partial charge in [-0.25, -0.2) is 9.67 Å². The Morgan fingerprint density at radius 3 is 3.12 bits per heavy atom. The van der Waals surface area contributed by atoms with Crippen LogP contribution >= 0.6 is 0 Å². The molecule has 1 fully saturated rings. The molecule has 7 nitrogen and oxygen atoms in total. The van der Waals surface area contributed by atoms with Crippen molar-refractivity contribution >= 4 is 5.91 Å². The molecule has 1 aromatic heterocycles. The number of carbonyl (C=O) groups excluding carboxylic acids is 1. The molecule has 1 amide bonds. The van der Waals surface area contributed by atoms with Crippen LogP contribution in [0.3, 0.4) is 0 Å². The van der Waals surface area contributed by atoms with Gasteiger partial charge in [0, 0.05) is 13.1 Å². The van der Waals surface area contributed by atoms with Crippen molar-refractivity contribution in [1.82, 2.24) is 19.7 Å². The highest BCUT2D eigenvalue weighted by molar-refractivity contribution is 5.77. The Hall–Kier alpha value is -2.41. The summed E-state index contributed by atoms with van der Waals surface area (Å²) in [7, 11) is 1.63. The second kappa shape index (κ2) is 7.92. The predicted molar refractivity (Wildman–Crippen MR) is 87.5 cm³/mol. The summed E-state index contributed by atoms with van der Waals surface area (Å²) < 4.78 is 12.6. The molecule has 1 aliphatic rings. The molecule has 128 valence electrons. The minimum absolute atomic E-state index is 0.0164.